The number of carbonyl (C=O) groups is 1. The number of pyridine rings is 1. The van der Waals surface area contributed by atoms with Gasteiger partial charge in [0.1, 0.15) is 0 Å². The van der Waals surface area contributed by atoms with Crippen LogP contribution < -0.4 is 10.6 Å². The van der Waals surface area contributed by atoms with Crippen molar-refractivity contribution in [1.29, 1.82) is 5.26 Å². The van der Waals surface area contributed by atoms with E-state index in [9.17, 15) is 15.2 Å². The summed E-state index contributed by atoms with van der Waals surface area (Å²) < 4.78 is 0. The van der Waals surface area contributed by atoms with Gasteiger partial charge >= 0.3 is 0 Å². The molecule has 1 amide bonds. The lowest BCUT2D eigenvalue weighted by molar-refractivity contribution is 0.0868. The second kappa shape index (κ2) is 7.72. The minimum Gasteiger partial charge on any atom is -0.393 e. The molecule has 0 unspecified atom stereocenters. The minimum absolute atomic E-state index is 0.0643. The number of hydrogen-bond donors (Lipinski definition) is 4. The van der Waals surface area contributed by atoms with Crippen molar-refractivity contribution >= 4 is 33.5 Å². The second-order valence-corrected chi connectivity index (χ2v) is 8.05. The number of amides is 1. The first-order valence-corrected chi connectivity index (χ1v) is 10.1. The van der Waals surface area contributed by atoms with Gasteiger partial charge in [-0.3, -0.25) is 9.78 Å². The van der Waals surface area contributed by atoms with Crippen LogP contribution in [0.25, 0.3) is 21.9 Å². The Kier molecular flexibility index (Phi) is 5.12. The summed E-state index contributed by atoms with van der Waals surface area (Å²) in [5.74, 6) is -0.166. The largest absolute Gasteiger partial charge is 0.393 e. The topological polar surface area (TPSA) is 114 Å². The zero-order chi connectivity index (χ0) is 20.5. The Morgan fingerprint density at radius 1 is 1.31 bits per heavy atom. The van der Waals surface area contributed by atoms with Gasteiger partial charge in [-0.15, -0.1) is 0 Å². The summed E-state index contributed by atoms with van der Waals surface area (Å²) in [5.41, 5.74) is 4.12. The first-order valence-electron chi connectivity index (χ1n) is 10.1. The molecule has 0 radical (unpaired) electrons. The lowest BCUT2D eigenvalue weighted by Crippen LogP contribution is -2.39. The summed E-state index contributed by atoms with van der Waals surface area (Å²) >= 11 is 0. The van der Waals surface area contributed by atoms with Gasteiger partial charge in [-0.25, -0.2) is 0 Å². The highest BCUT2D eigenvalue weighted by molar-refractivity contribution is 6.14. The van der Waals surface area contributed by atoms with E-state index in [4.69, 9.17) is 0 Å². The summed E-state index contributed by atoms with van der Waals surface area (Å²) in [6.45, 7) is 4.04. The molecule has 1 aliphatic carbocycles. The number of hydrogen-bond acceptors (Lipinski definition) is 5. The monoisotopic (exact) mass is 391 g/mol. The molecule has 0 saturated heterocycles. The van der Waals surface area contributed by atoms with Crippen LogP contribution in [0.4, 0.5) is 5.69 Å². The molecule has 0 bridgehead atoms. The number of nitrogens with one attached hydrogen (secondary N) is 3. The highest BCUT2D eigenvalue weighted by Gasteiger charge is 2.24. The number of benzene rings is 1. The second-order valence-electron chi connectivity index (χ2n) is 8.05. The van der Waals surface area contributed by atoms with E-state index < -0.39 is 0 Å². The summed E-state index contributed by atoms with van der Waals surface area (Å²) in [4.78, 5) is 21.0. The molecule has 0 atom stereocenters. The molecule has 0 aliphatic heterocycles. The number of nitrogens with zero attached hydrogens (tertiary/aromatic N) is 2. The Bertz CT molecular complexity index is 1100. The molecular formula is C22H25N5O2. The maximum absolute atomic E-state index is 13.0. The number of aromatic nitrogens is 2. The van der Waals surface area contributed by atoms with Crippen LogP contribution in [0.15, 0.2) is 24.4 Å². The van der Waals surface area contributed by atoms with E-state index in [0.29, 0.717) is 29.7 Å². The zero-order valence-corrected chi connectivity index (χ0v) is 16.6. The molecule has 2 heterocycles. The van der Waals surface area contributed by atoms with Gasteiger partial charge in [0, 0.05) is 29.2 Å². The van der Waals surface area contributed by atoms with Crippen LogP contribution in [-0.2, 0) is 0 Å². The van der Waals surface area contributed by atoms with Crippen molar-refractivity contribution in [3.63, 3.8) is 0 Å². The van der Waals surface area contributed by atoms with Gasteiger partial charge in [0.25, 0.3) is 5.91 Å². The van der Waals surface area contributed by atoms with Gasteiger partial charge < -0.3 is 20.7 Å². The number of aliphatic hydroxyl groups excluding tert-OH is 1. The van der Waals surface area contributed by atoms with Gasteiger partial charge in [0.15, 0.2) is 0 Å². The SMILES string of the molecule is CC(C)Nc1c(C(=O)N[C@H]2CC[C@H](O)CC2)cnc2c1[nH]c1cc(C#N)ccc12. The molecule has 7 heteroatoms. The van der Waals surface area contributed by atoms with Gasteiger partial charge in [0.2, 0.25) is 0 Å². The highest BCUT2D eigenvalue weighted by atomic mass is 16.3. The lowest BCUT2D eigenvalue weighted by Gasteiger charge is -2.26. The van der Waals surface area contributed by atoms with Crippen molar-refractivity contribution < 1.29 is 9.90 Å². The summed E-state index contributed by atoms with van der Waals surface area (Å²) in [6, 6.07) is 7.78. The van der Waals surface area contributed by atoms with Crippen molar-refractivity contribution in [1.82, 2.24) is 15.3 Å². The average molecular weight is 391 g/mol. The fourth-order valence-electron chi connectivity index (χ4n) is 3.99. The Morgan fingerprint density at radius 2 is 2.07 bits per heavy atom. The fourth-order valence-corrected chi connectivity index (χ4v) is 3.99. The number of anilines is 1. The van der Waals surface area contributed by atoms with E-state index in [1.165, 1.54) is 0 Å². The van der Waals surface area contributed by atoms with E-state index in [2.05, 4.69) is 26.7 Å². The predicted octanol–water partition coefficient (Wildman–Crippen LogP) is 3.44. The van der Waals surface area contributed by atoms with Crippen LogP contribution in [0.2, 0.25) is 0 Å². The molecule has 2 aromatic heterocycles. The number of rotatable bonds is 4. The molecule has 4 N–H and O–H groups in total. The zero-order valence-electron chi connectivity index (χ0n) is 16.6. The Balaban J connectivity index is 1.75. The van der Waals surface area contributed by atoms with Crippen LogP contribution in [-0.4, -0.2) is 39.2 Å². The molecule has 1 fully saturated rings. The number of carbonyl (C=O) groups excluding carboxylic acids is 1. The molecule has 150 valence electrons. The van der Waals surface area contributed by atoms with Crippen LogP contribution in [0.1, 0.15) is 55.5 Å². The molecule has 1 aliphatic rings. The first kappa shape index (κ1) is 19.2. The van der Waals surface area contributed by atoms with E-state index in [-0.39, 0.29) is 24.1 Å². The van der Waals surface area contributed by atoms with Gasteiger partial charge in [-0.05, 0) is 57.7 Å². The summed E-state index contributed by atoms with van der Waals surface area (Å²) in [7, 11) is 0. The summed E-state index contributed by atoms with van der Waals surface area (Å²) in [6.07, 6.45) is 4.33. The Hall–Kier alpha value is -3.11. The third-order valence-corrected chi connectivity index (χ3v) is 5.45. The van der Waals surface area contributed by atoms with Crippen LogP contribution in [0.5, 0.6) is 0 Å². The lowest BCUT2D eigenvalue weighted by atomic mass is 9.93. The molecule has 4 rings (SSSR count). The van der Waals surface area contributed by atoms with E-state index in [1.54, 1.807) is 18.3 Å². The third kappa shape index (κ3) is 3.76. The molecule has 1 saturated carbocycles. The molecule has 7 nitrogen and oxygen atoms in total. The number of nitriles is 1. The van der Waals surface area contributed by atoms with Gasteiger partial charge in [-0.2, -0.15) is 5.26 Å². The van der Waals surface area contributed by atoms with E-state index >= 15 is 0 Å². The van der Waals surface area contributed by atoms with Crippen molar-refractivity contribution in [3.8, 4) is 6.07 Å². The highest BCUT2D eigenvalue weighted by Crippen LogP contribution is 2.32. The maximum Gasteiger partial charge on any atom is 0.255 e. The van der Waals surface area contributed by atoms with Gasteiger partial charge in [0.05, 0.1) is 40.0 Å². The summed E-state index contributed by atoms with van der Waals surface area (Å²) in [5, 5.41) is 26.3. The fraction of sp³-hybridized carbons (Fsp3) is 0.409. The standard InChI is InChI=1S/C22H25N5O2/c1-12(2)25-20-17(22(29)26-14-4-6-15(28)7-5-14)11-24-19-16-8-3-13(10-23)9-18(16)27-21(19)20/h3,8-9,11-12,14-15,27-28H,4-7H2,1-2H3,(H,24,25)(H,26,29)/t14-,15-. The molecule has 29 heavy (non-hydrogen) atoms. The predicted molar refractivity (Wildman–Crippen MR) is 113 cm³/mol. The normalized spacial score (nSPS) is 19.4. The van der Waals surface area contributed by atoms with Crippen molar-refractivity contribution in [2.75, 3.05) is 5.32 Å². The molecule has 0 spiro atoms. The van der Waals surface area contributed by atoms with Crippen molar-refractivity contribution in [2.24, 2.45) is 0 Å². The van der Waals surface area contributed by atoms with Crippen LogP contribution in [0, 0.1) is 11.3 Å². The Labute approximate surface area is 169 Å². The smallest absolute Gasteiger partial charge is 0.255 e. The van der Waals surface area contributed by atoms with Crippen molar-refractivity contribution in [2.45, 2.75) is 57.7 Å². The van der Waals surface area contributed by atoms with Crippen LogP contribution in [0.3, 0.4) is 0 Å². The van der Waals surface area contributed by atoms with Crippen molar-refractivity contribution in [3.05, 3.63) is 35.5 Å². The first-order chi connectivity index (χ1) is 14.0. The van der Waals surface area contributed by atoms with E-state index in [1.807, 2.05) is 19.9 Å². The number of aromatic amines is 1. The van der Waals surface area contributed by atoms with Gasteiger partial charge in [-0.1, -0.05) is 0 Å². The molecular weight excluding hydrogens is 366 g/mol. The number of H-pyrrole nitrogens is 1. The maximum atomic E-state index is 13.0. The quantitative estimate of drug-likeness (QED) is 0.544. The number of aliphatic hydroxyl groups is 1. The molecule has 1 aromatic carbocycles. The number of fused-ring (bicyclic) bond motifs is 3. The Morgan fingerprint density at radius 3 is 2.76 bits per heavy atom. The average Bonchev–Trinajstić information content (AvgIpc) is 3.07. The van der Waals surface area contributed by atoms with Crippen LogP contribution >= 0.6 is 0 Å². The van der Waals surface area contributed by atoms with E-state index in [0.717, 1.165) is 34.8 Å². The molecule has 3 aromatic rings. The minimum atomic E-state index is -0.260. The third-order valence-electron chi connectivity index (χ3n) is 5.45.